The molecule has 2 rings (SSSR count). The fourth-order valence-electron chi connectivity index (χ4n) is 1.33. The summed E-state index contributed by atoms with van der Waals surface area (Å²) in [6.45, 7) is 0.279. The normalized spacial score (nSPS) is 10.7. The molecule has 2 N–H and O–H groups in total. The fraction of sp³-hybridized carbons (Fsp3) is 0.100. The zero-order valence-corrected chi connectivity index (χ0v) is 11.0. The van der Waals surface area contributed by atoms with Crippen LogP contribution >= 0.6 is 34.2 Å². The zero-order valence-electron chi connectivity index (χ0n) is 8.12. The Labute approximate surface area is 111 Å². The number of rotatable bonds is 2. The zero-order chi connectivity index (χ0) is 11.7. The second-order valence-corrected chi connectivity index (χ2v) is 4.82. The van der Waals surface area contributed by atoms with Gasteiger partial charge in [-0.15, -0.1) is 0 Å². The van der Waals surface area contributed by atoms with E-state index >= 15 is 0 Å². The van der Waals surface area contributed by atoms with Crippen molar-refractivity contribution in [3.8, 4) is 0 Å². The second-order valence-electron chi connectivity index (χ2n) is 3.25. The summed E-state index contributed by atoms with van der Waals surface area (Å²) < 4.78 is 16.0. The molecule has 84 valence electrons. The van der Waals surface area contributed by atoms with E-state index in [2.05, 4.69) is 27.7 Å². The van der Waals surface area contributed by atoms with Crippen molar-refractivity contribution in [2.75, 3.05) is 5.73 Å². The van der Waals surface area contributed by atoms with Gasteiger partial charge in [0, 0.05) is 5.56 Å². The van der Waals surface area contributed by atoms with E-state index in [1.54, 1.807) is 18.3 Å². The van der Waals surface area contributed by atoms with Crippen LogP contribution in [0.2, 0.25) is 5.02 Å². The molecule has 0 aliphatic carbocycles. The third-order valence-electron chi connectivity index (χ3n) is 2.18. The Balaban J connectivity index is 2.34. The van der Waals surface area contributed by atoms with Crippen LogP contribution in [0, 0.1) is 9.39 Å². The summed E-state index contributed by atoms with van der Waals surface area (Å²) in [4.78, 5) is 0. The van der Waals surface area contributed by atoms with Crippen LogP contribution in [0.4, 0.5) is 10.2 Å². The van der Waals surface area contributed by atoms with Crippen LogP contribution in [0.25, 0.3) is 0 Å². The summed E-state index contributed by atoms with van der Waals surface area (Å²) in [7, 11) is 0. The van der Waals surface area contributed by atoms with Crippen molar-refractivity contribution < 1.29 is 4.39 Å². The minimum atomic E-state index is -0.422. The predicted molar refractivity (Wildman–Crippen MR) is 69.9 cm³/mol. The average Bonchev–Trinajstić information content (AvgIpc) is 2.57. The molecule has 0 saturated heterocycles. The number of hydrogen-bond donors (Lipinski definition) is 1. The Morgan fingerprint density at radius 1 is 1.50 bits per heavy atom. The molecule has 0 aliphatic rings. The largest absolute Gasteiger partial charge is 0.383 e. The van der Waals surface area contributed by atoms with Crippen molar-refractivity contribution in [2.24, 2.45) is 0 Å². The third-order valence-corrected chi connectivity index (χ3v) is 3.31. The molecule has 0 saturated carbocycles. The molecule has 1 aromatic carbocycles. The molecule has 16 heavy (non-hydrogen) atoms. The molecule has 0 spiro atoms. The monoisotopic (exact) mass is 351 g/mol. The van der Waals surface area contributed by atoms with Crippen molar-refractivity contribution in [1.82, 2.24) is 9.78 Å². The number of halogens is 3. The van der Waals surface area contributed by atoms with Crippen LogP contribution in [0.1, 0.15) is 5.56 Å². The molecule has 0 fully saturated rings. The van der Waals surface area contributed by atoms with Gasteiger partial charge in [0.05, 0.1) is 21.3 Å². The van der Waals surface area contributed by atoms with Gasteiger partial charge in [-0.3, -0.25) is 0 Å². The number of hydrogen-bond acceptors (Lipinski definition) is 2. The average molecular weight is 352 g/mol. The molecule has 2 aromatic rings. The summed E-state index contributed by atoms with van der Waals surface area (Å²) in [5.74, 6) is 0.106. The maximum Gasteiger partial charge on any atom is 0.146 e. The first-order valence-corrected chi connectivity index (χ1v) is 5.95. The lowest BCUT2D eigenvalue weighted by molar-refractivity contribution is 0.588. The lowest BCUT2D eigenvalue weighted by Crippen LogP contribution is -2.07. The maximum atomic E-state index is 13.6. The van der Waals surface area contributed by atoms with Crippen LogP contribution in [0.3, 0.4) is 0 Å². The highest BCUT2D eigenvalue weighted by molar-refractivity contribution is 14.1. The number of benzene rings is 1. The summed E-state index contributed by atoms with van der Waals surface area (Å²) >= 11 is 7.76. The SMILES string of the molecule is Nc1c(I)cnn1Cc1cccc(Cl)c1F. The number of aromatic nitrogens is 2. The van der Waals surface area contributed by atoms with E-state index in [-0.39, 0.29) is 11.6 Å². The molecule has 0 aliphatic heterocycles. The van der Waals surface area contributed by atoms with Crippen LogP contribution in [-0.2, 0) is 6.54 Å². The number of nitrogens with zero attached hydrogens (tertiary/aromatic N) is 2. The third kappa shape index (κ3) is 2.15. The van der Waals surface area contributed by atoms with Crippen molar-refractivity contribution in [2.45, 2.75) is 6.54 Å². The molecular weight excluding hydrogens is 343 g/mol. The lowest BCUT2D eigenvalue weighted by Gasteiger charge is -2.06. The molecule has 0 radical (unpaired) electrons. The maximum absolute atomic E-state index is 13.6. The van der Waals surface area contributed by atoms with Gasteiger partial charge in [-0.2, -0.15) is 5.10 Å². The van der Waals surface area contributed by atoms with Crippen LogP contribution in [0.5, 0.6) is 0 Å². The quantitative estimate of drug-likeness (QED) is 0.846. The molecule has 0 unspecified atom stereocenters. The highest BCUT2D eigenvalue weighted by Gasteiger charge is 2.10. The van der Waals surface area contributed by atoms with Gasteiger partial charge in [0.15, 0.2) is 0 Å². The topological polar surface area (TPSA) is 43.8 Å². The van der Waals surface area contributed by atoms with E-state index in [0.717, 1.165) is 3.57 Å². The molecule has 6 heteroatoms. The van der Waals surface area contributed by atoms with Crippen LogP contribution in [0.15, 0.2) is 24.4 Å². The highest BCUT2D eigenvalue weighted by Crippen LogP contribution is 2.20. The van der Waals surface area contributed by atoms with Gasteiger partial charge in [-0.25, -0.2) is 9.07 Å². The Bertz CT molecular complexity index is 527. The van der Waals surface area contributed by atoms with Crippen LogP contribution in [-0.4, -0.2) is 9.78 Å². The molecule has 3 nitrogen and oxygen atoms in total. The fourth-order valence-corrected chi connectivity index (χ4v) is 1.93. The van der Waals surface area contributed by atoms with Gasteiger partial charge in [0.25, 0.3) is 0 Å². The minimum Gasteiger partial charge on any atom is -0.383 e. The summed E-state index contributed by atoms with van der Waals surface area (Å²) in [6, 6.07) is 4.87. The Morgan fingerprint density at radius 2 is 2.25 bits per heavy atom. The molecule has 0 atom stereocenters. The van der Waals surface area contributed by atoms with Gasteiger partial charge in [-0.05, 0) is 28.7 Å². The van der Waals surface area contributed by atoms with Crippen molar-refractivity contribution in [1.29, 1.82) is 0 Å². The van der Waals surface area contributed by atoms with E-state index in [9.17, 15) is 4.39 Å². The molecule has 1 aromatic heterocycles. The number of nitrogen functional groups attached to an aromatic ring is 1. The first-order valence-electron chi connectivity index (χ1n) is 4.49. The first kappa shape index (κ1) is 11.7. The van der Waals surface area contributed by atoms with E-state index in [4.69, 9.17) is 17.3 Å². The van der Waals surface area contributed by atoms with E-state index in [1.807, 2.05) is 0 Å². The Kier molecular flexibility index (Phi) is 3.34. The van der Waals surface area contributed by atoms with E-state index < -0.39 is 5.82 Å². The summed E-state index contributed by atoms with van der Waals surface area (Å²) in [5.41, 5.74) is 6.25. The second kappa shape index (κ2) is 4.58. The van der Waals surface area contributed by atoms with E-state index in [0.29, 0.717) is 11.4 Å². The van der Waals surface area contributed by atoms with Crippen molar-refractivity contribution in [3.05, 3.63) is 44.4 Å². The first-order chi connectivity index (χ1) is 7.59. The van der Waals surface area contributed by atoms with E-state index in [1.165, 1.54) is 10.7 Å². The molecule has 1 heterocycles. The van der Waals surface area contributed by atoms with Gasteiger partial charge < -0.3 is 5.73 Å². The van der Waals surface area contributed by atoms with Crippen LogP contribution < -0.4 is 5.73 Å². The number of anilines is 1. The van der Waals surface area contributed by atoms with Gasteiger partial charge >= 0.3 is 0 Å². The smallest absolute Gasteiger partial charge is 0.146 e. The Hall–Kier alpha value is -0.820. The molecule has 0 amide bonds. The van der Waals surface area contributed by atoms with Gasteiger partial charge in [-0.1, -0.05) is 23.7 Å². The standard InChI is InChI=1S/C10H8ClFIN3/c11-7-3-1-2-6(9(7)12)5-16-10(14)8(13)4-15-16/h1-4H,5,14H2. The summed E-state index contributed by atoms with van der Waals surface area (Å²) in [6.07, 6.45) is 1.64. The molecule has 0 bridgehead atoms. The van der Waals surface area contributed by atoms with Gasteiger partial charge in [0.2, 0.25) is 0 Å². The van der Waals surface area contributed by atoms with Crippen molar-refractivity contribution >= 4 is 40.0 Å². The number of nitrogens with two attached hydrogens (primary N) is 1. The summed E-state index contributed by atoms with van der Waals surface area (Å²) in [5, 5.41) is 4.16. The minimum absolute atomic E-state index is 0.109. The highest BCUT2D eigenvalue weighted by atomic mass is 127. The Morgan fingerprint density at radius 3 is 2.88 bits per heavy atom. The molecular formula is C10H8ClFIN3. The lowest BCUT2D eigenvalue weighted by atomic mass is 10.2. The van der Waals surface area contributed by atoms with Crippen molar-refractivity contribution in [3.63, 3.8) is 0 Å². The van der Waals surface area contributed by atoms with Gasteiger partial charge in [0.1, 0.15) is 11.6 Å². The predicted octanol–water partition coefficient (Wildman–Crippen LogP) is 2.91.